The number of benzene rings is 2. The zero-order chi connectivity index (χ0) is 20.5. The molecule has 0 atom stereocenters. The Morgan fingerprint density at radius 2 is 1.75 bits per heavy atom. The Morgan fingerprint density at radius 3 is 2.39 bits per heavy atom. The molecule has 0 fully saturated rings. The van der Waals surface area contributed by atoms with Crippen molar-refractivity contribution in [3.63, 3.8) is 0 Å². The molecule has 3 rings (SSSR count). The molecule has 0 unspecified atom stereocenters. The van der Waals surface area contributed by atoms with Crippen LogP contribution in [0.25, 0.3) is 0 Å². The van der Waals surface area contributed by atoms with E-state index in [0.29, 0.717) is 11.3 Å². The van der Waals surface area contributed by atoms with Crippen LogP contribution in [0, 0.1) is 11.6 Å². The van der Waals surface area contributed by atoms with Crippen molar-refractivity contribution in [3.8, 4) is 0 Å². The van der Waals surface area contributed by atoms with Crippen LogP contribution in [0.1, 0.15) is 27.3 Å². The first-order chi connectivity index (χ1) is 13.2. The van der Waals surface area contributed by atoms with Gasteiger partial charge in [0.1, 0.15) is 11.6 Å². The number of halogens is 2. The zero-order valence-corrected chi connectivity index (χ0v) is 16.1. The third-order valence-corrected chi connectivity index (χ3v) is 4.91. The minimum Gasteiger partial charge on any atom is -0.345 e. The number of aromatic nitrogens is 1. The third kappa shape index (κ3) is 4.28. The van der Waals surface area contributed by atoms with Gasteiger partial charge in [-0.05, 0) is 42.0 Å². The van der Waals surface area contributed by atoms with Crippen molar-refractivity contribution in [3.05, 3.63) is 88.7 Å². The van der Waals surface area contributed by atoms with Gasteiger partial charge in [-0.25, -0.2) is 17.2 Å². The van der Waals surface area contributed by atoms with Gasteiger partial charge in [0.2, 0.25) is 15.8 Å². The Hall–Kier alpha value is -3.00. The summed E-state index contributed by atoms with van der Waals surface area (Å²) in [6.07, 6.45) is 1.17. The lowest BCUT2D eigenvalue weighted by molar-refractivity contribution is 0.102. The number of nitrogens with one attached hydrogen (secondary N) is 1. The van der Waals surface area contributed by atoms with Crippen molar-refractivity contribution in [2.45, 2.75) is 6.42 Å². The minimum absolute atomic E-state index is 0.0300. The van der Waals surface area contributed by atoms with Gasteiger partial charge in [0.15, 0.2) is 0 Å². The number of carbonyl (C=O) groups is 1. The predicted molar refractivity (Wildman–Crippen MR) is 103 cm³/mol. The number of carbonyl (C=O) groups excluding carboxylic acids is 1. The van der Waals surface area contributed by atoms with Gasteiger partial charge in [0.25, 0.3) is 0 Å². The average Bonchev–Trinajstić information content (AvgIpc) is 2.96. The second kappa shape index (κ2) is 7.55. The predicted octanol–water partition coefficient (Wildman–Crippen LogP) is 3.50. The molecule has 1 aromatic heterocycles. The zero-order valence-electron chi connectivity index (χ0n) is 15.2. The first kappa shape index (κ1) is 19.8. The van der Waals surface area contributed by atoms with Crippen LogP contribution in [0.4, 0.5) is 14.5 Å². The van der Waals surface area contributed by atoms with Crippen molar-refractivity contribution < 1.29 is 22.0 Å². The summed E-state index contributed by atoms with van der Waals surface area (Å²) in [5.74, 6) is -1.63. The van der Waals surface area contributed by atoms with E-state index in [1.807, 2.05) is 0 Å². The molecule has 0 amide bonds. The molecule has 0 bridgehead atoms. The molecule has 3 aromatic rings. The lowest BCUT2D eigenvalue weighted by Crippen LogP contribution is -2.11. The van der Waals surface area contributed by atoms with E-state index in [2.05, 4.69) is 4.72 Å². The largest absolute Gasteiger partial charge is 0.345 e. The van der Waals surface area contributed by atoms with Crippen molar-refractivity contribution in [2.24, 2.45) is 7.05 Å². The van der Waals surface area contributed by atoms with Crippen LogP contribution in [-0.4, -0.2) is 25.0 Å². The third-order valence-electron chi connectivity index (χ3n) is 4.30. The van der Waals surface area contributed by atoms with Crippen molar-refractivity contribution in [1.29, 1.82) is 0 Å². The summed E-state index contributed by atoms with van der Waals surface area (Å²) in [5.41, 5.74) is 1.38. The average molecular weight is 404 g/mol. The van der Waals surface area contributed by atoms with E-state index >= 15 is 0 Å². The maximum Gasteiger partial charge on any atom is 0.229 e. The molecule has 0 spiro atoms. The van der Waals surface area contributed by atoms with Crippen molar-refractivity contribution >= 4 is 21.5 Å². The fourth-order valence-electron chi connectivity index (χ4n) is 2.91. The van der Waals surface area contributed by atoms with E-state index in [9.17, 15) is 22.0 Å². The van der Waals surface area contributed by atoms with Crippen LogP contribution in [0.2, 0.25) is 0 Å². The van der Waals surface area contributed by atoms with Crippen LogP contribution >= 0.6 is 0 Å². The van der Waals surface area contributed by atoms with E-state index in [4.69, 9.17) is 0 Å². The molecule has 0 aliphatic carbocycles. The molecule has 146 valence electrons. The Kier molecular flexibility index (Phi) is 5.33. The second-order valence-electron chi connectivity index (χ2n) is 6.44. The highest BCUT2D eigenvalue weighted by Gasteiger charge is 2.18. The Bertz CT molecular complexity index is 1150. The van der Waals surface area contributed by atoms with Gasteiger partial charge in [-0.2, -0.15) is 0 Å². The summed E-state index contributed by atoms with van der Waals surface area (Å²) in [4.78, 5) is 12.6. The summed E-state index contributed by atoms with van der Waals surface area (Å²) in [6.45, 7) is 0. The normalized spacial score (nSPS) is 11.4. The molecule has 0 aliphatic rings. The molecule has 8 heteroatoms. The van der Waals surface area contributed by atoms with E-state index in [0.717, 1.165) is 12.3 Å². The standard InChI is InChI=1S/C20H18F2N2O3S/c1-24-15(9-10-19(24)20(25)16-5-3-4-6-17(16)21)11-13-7-8-14(12-18(13)22)23-28(2,26)27/h3-10,12,23H,11H2,1-2H3. The van der Waals surface area contributed by atoms with Crippen LogP contribution in [0.5, 0.6) is 0 Å². The van der Waals surface area contributed by atoms with Gasteiger partial charge < -0.3 is 4.57 Å². The molecular formula is C20H18F2N2O3S. The molecule has 0 radical (unpaired) electrons. The molecule has 0 saturated carbocycles. The first-order valence-electron chi connectivity index (χ1n) is 8.36. The summed E-state index contributed by atoms with van der Waals surface area (Å²) < 4.78 is 54.6. The lowest BCUT2D eigenvalue weighted by atomic mass is 10.1. The highest BCUT2D eigenvalue weighted by molar-refractivity contribution is 7.92. The Balaban J connectivity index is 1.85. The van der Waals surface area contributed by atoms with Gasteiger partial charge in [-0.1, -0.05) is 18.2 Å². The quantitative estimate of drug-likeness (QED) is 0.640. The van der Waals surface area contributed by atoms with E-state index in [-0.39, 0.29) is 23.4 Å². The number of hydrogen-bond acceptors (Lipinski definition) is 3. The van der Waals surface area contributed by atoms with Crippen molar-refractivity contribution in [1.82, 2.24) is 4.57 Å². The monoisotopic (exact) mass is 404 g/mol. The molecule has 5 nitrogen and oxygen atoms in total. The molecule has 28 heavy (non-hydrogen) atoms. The number of anilines is 1. The van der Waals surface area contributed by atoms with Gasteiger partial charge >= 0.3 is 0 Å². The van der Waals surface area contributed by atoms with E-state index in [1.54, 1.807) is 29.8 Å². The smallest absolute Gasteiger partial charge is 0.229 e. The highest BCUT2D eigenvalue weighted by Crippen LogP contribution is 2.21. The number of nitrogens with zero attached hydrogens (tertiary/aromatic N) is 1. The van der Waals surface area contributed by atoms with Gasteiger partial charge in [0.05, 0.1) is 23.2 Å². The maximum absolute atomic E-state index is 14.4. The summed E-state index contributed by atoms with van der Waals surface area (Å²) in [7, 11) is -1.84. The summed E-state index contributed by atoms with van der Waals surface area (Å²) in [6, 6.07) is 13.0. The second-order valence-corrected chi connectivity index (χ2v) is 8.18. The van der Waals surface area contributed by atoms with Crippen LogP contribution < -0.4 is 4.72 Å². The van der Waals surface area contributed by atoms with Gasteiger partial charge in [-0.3, -0.25) is 9.52 Å². The lowest BCUT2D eigenvalue weighted by Gasteiger charge is -2.10. The minimum atomic E-state index is -3.50. The first-order valence-corrected chi connectivity index (χ1v) is 10.2. The van der Waals surface area contributed by atoms with Crippen molar-refractivity contribution in [2.75, 3.05) is 11.0 Å². The molecule has 1 N–H and O–H groups in total. The fourth-order valence-corrected chi connectivity index (χ4v) is 3.46. The Morgan fingerprint density at radius 1 is 1.04 bits per heavy atom. The molecule has 0 aliphatic heterocycles. The molecule has 2 aromatic carbocycles. The summed E-state index contributed by atoms with van der Waals surface area (Å²) >= 11 is 0. The van der Waals surface area contributed by atoms with Crippen LogP contribution in [-0.2, 0) is 23.5 Å². The Labute approximate surface area is 161 Å². The molecule has 1 heterocycles. The van der Waals surface area contributed by atoms with E-state index in [1.165, 1.54) is 30.3 Å². The molecule has 0 saturated heterocycles. The van der Waals surface area contributed by atoms with E-state index < -0.39 is 27.4 Å². The topological polar surface area (TPSA) is 68.2 Å². The fraction of sp³-hybridized carbons (Fsp3) is 0.150. The number of ketones is 1. The van der Waals surface area contributed by atoms with Gasteiger partial charge in [-0.15, -0.1) is 0 Å². The number of hydrogen-bond donors (Lipinski definition) is 1. The SMILES string of the molecule is Cn1c(Cc2ccc(NS(C)(=O)=O)cc2F)ccc1C(=O)c1ccccc1F. The van der Waals surface area contributed by atoms with Crippen LogP contribution in [0.3, 0.4) is 0 Å². The van der Waals surface area contributed by atoms with Crippen LogP contribution in [0.15, 0.2) is 54.6 Å². The maximum atomic E-state index is 14.4. The summed E-state index contributed by atoms with van der Waals surface area (Å²) in [5, 5.41) is 0. The number of sulfonamides is 1. The molecular weight excluding hydrogens is 386 g/mol. The number of rotatable bonds is 6. The highest BCUT2D eigenvalue weighted by atomic mass is 32.2. The van der Waals surface area contributed by atoms with Gasteiger partial charge in [0, 0.05) is 19.2 Å².